The van der Waals surface area contributed by atoms with Crippen LogP contribution in [-0.2, 0) is 20.9 Å². The minimum absolute atomic E-state index is 0.0459. The first kappa shape index (κ1) is 27.7. The second-order valence-electron chi connectivity index (χ2n) is 12.8. The predicted molar refractivity (Wildman–Crippen MR) is 141 cm³/mol. The number of carbonyl (C=O) groups is 1. The number of fused-ring (bicyclic) bond motifs is 4. The van der Waals surface area contributed by atoms with Gasteiger partial charge in [-0.2, -0.15) is 0 Å². The number of alkyl halides is 3. The van der Waals surface area contributed by atoms with E-state index in [0.717, 1.165) is 32.1 Å². The van der Waals surface area contributed by atoms with E-state index in [1.807, 2.05) is 19.9 Å². The molecule has 7 nitrogen and oxygen atoms in total. The van der Waals surface area contributed by atoms with Crippen LogP contribution in [0, 0.1) is 23.7 Å². The van der Waals surface area contributed by atoms with Crippen LogP contribution in [0.2, 0.25) is 0 Å². The number of halogens is 4. The third-order valence-electron chi connectivity index (χ3n) is 10.0. The Kier molecular flexibility index (Phi) is 6.60. The van der Waals surface area contributed by atoms with Gasteiger partial charge in [0.2, 0.25) is 0 Å². The maximum atomic E-state index is 15.3. The van der Waals surface area contributed by atoms with Crippen LogP contribution in [0.15, 0.2) is 51.7 Å². The summed E-state index contributed by atoms with van der Waals surface area (Å²) in [5.74, 6) is -1.58. The number of nitrogens with zero attached hydrogens (tertiary/aromatic N) is 2. The summed E-state index contributed by atoms with van der Waals surface area (Å²) in [4.78, 5) is 13.7. The third-order valence-corrected chi connectivity index (χ3v) is 10.0. The molecule has 0 radical (unpaired) electrons. The molecule has 3 heterocycles. The number of aliphatic carboxylic acids is 1. The van der Waals surface area contributed by atoms with Crippen LogP contribution in [0.1, 0.15) is 81.2 Å². The van der Waals surface area contributed by atoms with E-state index in [4.69, 9.17) is 9.26 Å². The Morgan fingerprint density at radius 1 is 1.21 bits per heavy atom. The summed E-state index contributed by atoms with van der Waals surface area (Å²) >= 11 is 0. The van der Waals surface area contributed by atoms with Crippen LogP contribution in [-0.4, -0.2) is 45.7 Å². The number of piperidine rings is 1. The van der Waals surface area contributed by atoms with Crippen molar-refractivity contribution < 1.29 is 41.5 Å². The Hall–Kier alpha value is -3.08. The fourth-order valence-corrected chi connectivity index (χ4v) is 8.07. The predicted octanol–water partition coefficient (Wildman–Crippen LogP) is 6.86. The molecular weight excluding hydrogens is 556 g/mol. The van der Waals surface area contributed by atoms with Gasteiger partial charge in [-0.15, -0.1) is 13.2 Å². The summed E-state index contributed by atoms with van der Waals surface area (Å²) in [6.45, 7) is 3.90. The Balaban J connectivity index is 1.11. The smallest absolute Gasteiger partial charge is 0.478 e. The van der Waals surface area contributed by atoms with Gasteiger partial charge in [0.25, 0.3) is 0 Å². The number of ether oxygens (including phenoxy) is 2. The van der Waals surface area contributed by atoms with Crippen molar-refractivity contribution in [3.63, 3.8) is 0 Å². The van der Waals surface area contributed by atoms with E-state index in [1.165, 1.54) is 12.2 Å². The highest BCUT2D eigenvalue weighted by Gasteiger charge is 2.64. The zero-order valence-electron chi connectivity index (χ0n) is 23.4. The van der Waals surface area contributed by atoms with Gasteiger partial charge in [0.1, 0.15) is 23.0 Å². The molecule has 4 fully saturated rings. The molecule has 2 saturated carbocycles. The zero-order valence-corrected chi connectivity index (χ0v) is 23.4. The van der Waals surface area contributed by atoms with Gasteiger partial charge in [0.05, 0.1) is 24.3 Å². The Morgan fingerprint density at radius 2 is 2.00 bits per heavy atom. The Morgan fingerprint density at radius 3 is 2.69 bits per heavy atom. The second-order valence-corrected chi connectivity index (χ2v) is 12.8. The topological polar surface area (TPSA) is 85.0 Å². The summed E-state index contributed by atoms with van der Waals surface area (Å²) in [6, 6.07) is 0.299. The second kappa shape index (κ2) is 9.99. The van der Waals surface area contributed by atoms with Crippen molar-refractivity contribution in [2.24, 2.45) is 23.7 Å². The summed E-state index contributed by atoms with van der Waals surface area (Å²) in [5.41, 5.74) is 1.85. The summed E-state index contributed by atoms with van der Waals surface area (Å²) in [7, 11) is 0. The van der Waals surface area contributed by atoms with Crippen LogP contribution in [0.25, 0.3) is 0 Å². The van der Waals surface area contributed by atoms with Crippen molar-refractivity contribution in [2.75, 3.05) is 0 Å². The Labute approximate surface area is 240 Å². The van der Waals surface area contributed by atoms with E-state index >= 15 is 4.39 Å². The van der Waals surface area contributed by atoms with Crippen molar-refractivity contribution in [1.29, 1.82) is 0 Å². The van der Waals surface area contributed by atoms with E-state index in [1.54, 1.807) is 6.08 Å². The van der Waals surface area contributed by atoms with Gasteiger partial charge in [-0.25, -0.2) is 9.18 Å². The minimum atomic E-state index is -4.82. The first-order valence-electron chi connectivity index (χ1n) is 14.9. The first-order valence-corrected chi connectivity index (χ1v) is 14.9. The molecule has 2 saturated heterocycles. The van der Waals surface area contributed by atoms with Gasteiger partial charge >= 0.3 is 12.3 Å². The molecular formula is C31H34F4N2O5. The lowest BCUT2D eigenvalue weighted by Gasteiger charge is -2.41. The molecule has 226 valence electrons. The fourth-order valence-electron chi connectivity index (χ4n) is 8.07. The molecule has 1 N–H and O–H groups in total. The van der Waals surface area contributed by atoms with Gasteiger partial charge in [-0.1, -0.05) is 31.2 Å². The van der Waals surface area contributed by atoms with Gasteiger partial charge in [0, 0.05) is 41.0 Å². The van der Waals surface area contributed by atoms with Crippen LogP contribution in [0.5, 0.6) is 0 Å². The number of hydrogen-bond donors (Lipinski definition) is 1. The van der Waals surface area contributed by atoms with Crippen LogP contribution < -0.4 is 0 Å². The summed E-state index contributed by atoms with van der Waals surface area (Å²) in [5, 5.41) is 13.7. The number of aromatic nitrogens is 1. The molecule has 4 aliphatic carbocycles. The monoisotopic (exact) mass is 590 g/mol. The molecule has 2 aliphatic heterocycles. The average Bonchev–Trinajstić information content (AvgIpc) is 3.80. The fraction of sp³-hybridized carbons (Fsp3) is 0.613. The van der Waals surface area contributed by atoms with E-state index < -0.39 is 24.1 Å². The highest BCUT2D eigenvalue weighted by atomic mass is 19.4. The maximum Gasteiger partial charge on any atom is 0.572 e. The van der Waals surface area contributed by atoms with E-state index in [2.05, 4.69) is 14.8 Å². The van der Waals surface area contributed by atoms with Gasteiger partial charge in [-0.3, -0.25) is 0 Å². The highest BCUT2D eigenvalue weighted by Crippen LogP contribution is 2.60. The number of carboxylic acids is 1. The lowest BCUT2D eigenvalue weighted by molar-refractivity contribution is -0.307. The molecule has 0 amide bonds. The molecule has 7 unspecified atom stereocenters. The van der Waals surface area contributed by atoms with Crippen molar-refractivity contribution in [1.82, 2.24) is 10.1 Å². The van der Waals surface area contributed by atoms with Crippen molar-refractivity contribution >= 4 is 5.97 Å². The van der Waals surface area contributed by atoms with Gasteiger partial charge in [-0.05, 0) is 62.5 Å². The number of carboxylic acid groups (broad SMARTS) is 1. The van der Waals surface area contributed by atoms with E-state index in [-0.39, 0.29) is 59.8 Å². The SMILES string of the molecule is CC1CC(C(=O)O)=CC(F)=C1N1C2CCC1C1C(C2)[C@@H]1OCc1c(C2C(OC(F)(F)F)=CC=CC2C)noc1C1CC1. The van der Waals surface area contributed by atoms with Crippen molar-refractivity contribution in [3.8, 4) is 0 Å². The molecule has 42 heavy (non-hydrogen) atoms. The molecule has 0 aromatic carbocycles. The average molecular weight is 591 g/mol. The number of allylic oxidation sites excluding steroid dienone is 7. The van der Waals surface area contributed by atoms with Crippen molar-refractivity contribution in [3.05, 3.63) is 64.2 Å². The first-order chi connectivity index (χ1) is 20.0. The maximum absolute atomic E-state index is 15.3. The number of hydrogen-bond acceptors (Lipinski definition) is 6. The van der Waals surface area contributed by atoms with E-state index in [9.17, 15) is 23.1 Å². The standard InChI is InChI=1S/C31H34F4N2O5/c1-14-4-3-5-23(41-31(33,34)35)24(14)26-20(28(42-36-26)16-6-7-16)13-40-29-19-12-18-8-9-22(25(19)29)37(18)27-15(2)10-17(30(38)39)11-21(27)32/h3-5,11,14-16,18-19,22,24-25,29H,6-10,12-13H2,1-2H3,(H,38,39)/t14?,15?,18?,19?,22?,24?,25?,29-/m0/s1. The third kappa shape index (κ3) is 4.77. The van der Waals surface area contributed by atoms with Crippen LogP contribution in [0.4, 0.5) is 17.6 Å². The lowest BCUT2D eigenvalue weighted by Crippen LogP contribution is -2.43. The Bertz CT molecular complexity index is 1410. The normalized spacial score (nSPS) is 35.6. The zero-order chi connectivity index (χ0) is 29.5. The summed E-state index contributed by atoms with van der Waals surface area (Å²) in [6.07, 6.45) is 5.97. The molecule has 7 rings (SSSR count). The van der Waals surface area contributed by atoms with Crippen molar-refractivity contribution in [2.45, 2.75) is 95.4 Å². The van der Waals surface area contributed by atoms with Crippen LogP contribution in [0.3, 0.4) is 0 Å². The molecule has 1 aromatic heterocycles. The molecule has 11 heteroatoms. The number of rotatable bonds is 8. The minimum Gasteiger partial charge on any atom is -0.478 e. The summed E-state index contributed by atoms with van der Waals surface area (Å²) < 4.78 is 71.8. The molecule has 6 aliphatic rings. The highest BCUT2D eigenvalue weighted by molar-refractivity contribution is 5.87. The molecule has 8 atom stereocenters. The lowest BCUT2D eigenvalue weighted by atomic mass is 9.83. The van der Waals surface area contributed by atoms with Gasteiger partial charge < -0.3 is 24.0 Å². The molecule has 1 aromatic rings. The molecule has 0 spiro atoms. The molecule has 2 bridgehead atoms. The van der Waals surface area contributed by atoms with Crippen LogP contribution >= 0.6 is 0 Å². The van der Waals surface area contributed by atoms with E-state index in [0.29, 0.717) is 35.1 Å². The van der Waals surface area contributed by atoms with Gasteiger partial charge in [0.15, 0.2) is 0 Å². The largest absolute Gasteiger partial charge is 0.572 e. The quantitative estimate of drug-likeness (QED) is 0.331.